The molecule has 3 aromatic carbocycles. The number of nitrogens with zero attached hydrogens (tertiary/aromatic N) is 3. The van der Waals surface area contributed by atoms with E-state index >= 15 is 0 Å². The maximum absolute atomic E-state index is 14.1. The van der Waals surface area contributed by atoms with Crippen LogP contribution in [-0.2, 0) is 13.1 Å². The zero-order valence-corrected chi connectivity index (χ0v) is 20.4. The number of para-hydroxylation sites is 1. The summed E-state index contributed by atoms with van der Waals surface area (Å²) in [6, 6.07) is 25.1. The number of pyridine rings is 1. The molecule has 6 rings (SSSR count). The molecular weight excluding hydrogens is 466 g/mol. The van der Waals surface area contributed by atoms with Crippen molar-refractivity contribution in [1.82, 2.24) is 15.0 Å². The van der Waals surface area contributed by atoms with Gasteiger partial charge in [0.1, 0.15) is 24.7 Å². The molecule has 7 heteroatoms. The highest BCUT2D eigenvalue weighted by atomic mass is 16.6. The van der Waals surface area contributed by atoms with Crippen LogP contribution in [0.15, 0.2) is 89.6 Å². The minimum atomic E-state index is -0.104. The van der Waals surface area contributed by atoms with Gasteiger partial charge < -0.3 is 18.9 Å². The number of ether oxygens (including phenoxy) is 2. The Morgan fingerprint density at radius 1 is 0.892 bits per heavy atom. The van der Waals surface area contributed by atoms with E-state index in [-0.39, 0.29) is 5.91 Å². The Labute approximate surface area is 214 Å². The predicted octanol–water partition coefficient (Wildman–Crippen LogP) is 5.81. The quantitative estimate of drug-likeness (QED) is 0.298. The summed E-state index contributed by atoms with van der Waals surface area (Å²) in [6.07, 6.45) is 1.68. The molecule has 0 fully saturated rings. The topological polar surface area (TPSA) is 77.7 Å². The molecule has 0 aliphatic carbocycles. The Morgan fingerprint density at radius 3 is 2.54 bits per heavy atom. The molecule has 7 nitrogen and oxygen atoms in total. The third kappa shape index (κ3) is 4.51. The van der Waals surface area contributed by atoms with E-state index in [1.165, 1.54) is 0 Å². The van der Waals surface area contributed by atoms with Gasteiger partial charge in [-0.25, -0.2) is 0 Å². The van der Waals surface area contributed by atoms with Gasteiger partial charge in [0.25, 0.3) is 5.91 Å². The normalized spacial score (nSPS) is 12.5. The Kier molecular flexibility index (Phi) is 6.02. The lowest BCUT2D eigenvalue weighted by molar-refractivity contribution is 0.0731. The van der Waals surface area contributed by atoms with E-state index in [2.05, 4.69) is 10.1 Å². The lowest BCUT2D eigenvalue weighted by Crippen LogP contribution is -2.30. The number of benzene rings is 3. The molecule has 1 aliphatic heterocycles. The van der Waals surface area contributed by atoms with Crippen molar-refractivity contribution in [2.45, 2.75) is 20.0 Å². The number of carbonyl (C=O) groups excluding carboxylic acids is 1. The highest BCUT2D eigenvalue weighted by Gasteiger charge is 2.24. The number of rotatable bonds is 6. The van der Waals surface area contributed by atoms with Crippen LogP contribution in [-0.4, -0.2) is 34.2 Å². The number of aromatic nitrogens is 2. The summed E-state index contributed by atoms with van der Waals surface area (Å²) >= 11 is 0. The highest BCUT2D eigenvalue weighted by molar-refractivity contribution is 6.06. The van der Waals surface area contributed by atoms with Crippen LogP contribution in [0.1, 0.15) is 27.2 Å². The van der Waals surface area contributed by atoms with Crippen LogP contribution >= 0.6 is 0 Å². The second-order valence-electron chi connectivity index (χ2n) is 8.95. The number of hydrogen-bond donors (Lipinski definition) is 0. The standard InChI is InChI=1S/C30H25N3O4/c1-20-25(29(32-37-20)22-7-3-2-4-8-22)19-33(18-21-11-12-27-28(17-21)36-16-15-35-27)30(34)24-13-14-31-26-10-6-5-9-23(24)26/h2-14,17H,15-16,18-19H2,1H3. The number of aryl methyl sites for hydroxylation is 1. The fourth-order valence-electron chi connectivity index (χ4n) is 4.65. The van der Waals surface area contributed by atoms with Crippen LogP contribution < -0.4 is 9.47 Å². The zero-order valence-electron chi connectivity index (χ0n) is 20.4. The van der Waals surface area contributed by atoms with E-state index in [1.54, 1.807) is 12.3 Å². The number of amides is 1. The van der Waals surface area contributed by atoms with Gasteiger partial charge in [-0.05, 0) is 36.8 Å². The Hall–Kier alpha value is -4.65. The van der Waals surface area contributed by atoms with Gasteiger partial charge in [-0.15, -0.1) is 0 Å². The van der Waals surface area contributed by atoms with Crippen LogP contribution in [0.2, 0.25) is 0 Å². The van der Waals surface area contributed by atoms with Gasteiger partial charge in [-0.2, -0.15) is 0 Å². The first-order valence-electron chi connectivity index (χ1n) is 12.2. The predicted molar refractivity (Wildman–Crippen MR) is 139 cm³/mol. The Balaban J connectivity index is 1.41. The molecule has 0 N–H and O–H groups in total. The van der Waals surface area contributed by atoms with Crippen molar-refractivity contribution in [3.8, 4) is 22.8 Å². The number of hydrogen-bond acceptors (Lipinski definition) is 6. The minimum Gasteiger partial charge on any atom is -0.486 e. The molecule has 1 amide bonds. The van der Waals surface area contributed by atoms with Crippen LogP contribution in [0.3, 0.4) is 0 Å². The van der Waals surface area contributed by atoms with Crippen molar-refractivity contribution in [2.75, 3.05) is 13.2 Å². The van der Waals surface area contributed by atoms with Gasteiger partial charge in [0.05, 0.1) is 17.6 Å². The molecule has 0 atom stereocenters. The Bertz CT molecular complexity index is 1570. The van der Waals surface area contributed by atoms with Crippen LogP contribution in [0.5, 0.6) is 11.5 Å². The van der Waals surface area contributed by atoms with Gasteiger partial charge in [0, 0.05) is 29.3 Å². The summed E-state index contributed by atoms with van der Waals surface area (Å²) in [5.74, 6) is 1.98. The second-order valence-corrected chi connectivity index (χ2v) is 8.95. The van der Waals surface area contributed by atoms with Gasteiger partial charge in [-0.3, -0.25) is 9.78 Å². The van der Waals surface area contributed by atoms with E-state index in [9.17, 15) is 4.79 Å². The van der Waals surface area contributed by atoms with Crippen LogP contribution in [0.4, 0.5) is 0 Å². The van der Waals surface area contributed by atoms with E-state index in [0.717, 1.165) is 33.3 Å². The molecular formula is C30H25N3O4. The first-order valence-corrected chi connectivity index (χ1v) is 12.2. The number of fused-ring (bicyclic) bond motifs is 2. The molecule has 3 heterocycles. The van der Waals surface area contributed by atoms with Crippen molar-refractivity contribution >= 4 is 16.8 Å². The van der Waals surface area contributed by atoms with Crippen molar-refractivity contribution in [1.29, 1.82) is 0 Å². The van der Waals surface area contributed by atoms with E-state index in [4.69, 9.17) is 14.0 Å². The van der Waals surface area contributed by atoms with Crippen molar-refractivity contribution in [3.63, 3.8) is 0 Å². The average molecular weight is 492 g/mol. The average Bonchev–Trinajstić information content (AvgIpc) is 3.32. The minimum absolute atomic E-state index is 0.104. The van der Waals surface area contributed by atoms with Gasteiger partial charge in [0.2, 0.25) is 0 Å². The van der Waals surface area contributed by atoms with Crippen molar-refractivity contribution in [3.05, 3.63) is 108 Å². The summed E-state index contributed by atoms with van der Waals surface area (Å²) in [5.41, 5.74) is 4.85. The maximum atomic E-state index is 14.1. The second kappa shape index (κ2) is 9.78. The summed E-state index contributed by atoms with van der Waals surface area (Å²) in [7, 11) is 0. The van der Waals surface area contributed by atoms with Crippen molar-refractivity contribution in [2.24, 2.45) is 0 Å². The summed E-state index contributed by atoms with van der Waals surface area (Å²) in [5, 5.41) is 5.14. The van der Waals surface area contributed by atoms with E-state index < -0.39 is 0 Å². The van der Waals surface area contributed by atoms with Gasteiger partial charge in [-0.1, -0.05) is 59.8 Å². The van der Waals surface area contributed by atoms with E-state index in [0.29, 0.717) is 49.1 Å². The summed E-state index contributed by atoms with van der Waals surface area (Å²) in [4.78, 5) is 20.4. The molecule has 0 saturated carbocycles. The molecule has 1 aliphatic rings. The van der Waals surface area contributed by atoms with E-state index in [1.807, 2.05) is 84.6 Å². The molecule has 37 heavy (non-hydrogen) atoms. The lowest BCUT2D eigenvalue weighted by Gasteiger charge is -2.25. The fraction of sp³-hybridized carbons (Fsp3) is 0.167. The smallest absolute Gasteiger partial charge is 0.255 e. The fourth-order valence-corrected chi connectivity index (χ4v) is 4.65. The molecule has 0 radical (unpaired) electrons. The molecule has 2 aromatic heterocycles. The third-order valence-electron chi connectivity index (χ3n) is 6.53. The zero-order chi connectivity index (χ0) is 25.2. The SMILES string of the molecule is Cc1onc(-c2ccccc2)c1CN(Cc1ccc2c(c1)OCCO2)C(=O)c1ccnc2ccccc12. The molecule has 0 unspecified atom stereocenters. The molecule has 5 aromatic rings. The molecule has 0 spiro atoms. The highest BCUT2D eigenvalue weighted by Crippen LogP contribution is 2.33. The largest absolute Gasteiger partial charge is 0.486 e. The maximum Gasteiger partial charge on any atom is 0.255 e. The molecule has 0 saturated heterocycles. The van der Waals surface area contributed by atoms with Crippen LogP contribution in [0, 0.1) is 6.92 Å². The van der Waals surface area contributed by atoms with Gasteiger partial charge >= 0.3 is 0 Å². The third-order valence-corrected chi connectivity index (χ3v) is 6.53. The molecule has 0 bridgehead atoms. The lowest BCUT2D eigenvalue weighted by atomic mass is 10.0. The number of carbonyl (C=O) groups is 1. The van der Waals surface area contributed by atoms with Crippen molar-refractivity contribution < 1.29 is 18.8 Å². The summed E-state index contributed by atoms with van der Waals surface area (Å²) in [6.45, 7) is 3.60. The molecule has 184 valence electrons. The van der Waals surface area contributed by atoms with Gasteiger partial charge in [0.15, 0.2) is 11.5 Å². The first kappa shape index (κ1) is 22.8. The monoisotopic (exact) mass is 491 g/mol. The van der Waals surface area contributed by atoms with Crippen LogP contribution in [0.25, 0.3) is 22.2 Å². The Morgan fingerprint density at radius 2 is 1.68 bits per heavy atom. The summed E-state index contributed by atoms with van der Waals surface area (Å²) < 4.78 is 17.1. The first-order chi connectivity index (χ1) is 18.2.